The summed E-state index contributed by atoms with van der Waals surface area (Å²) in [6.45, 7) is 1.90. The molecule has 0 aromatic heterocycles. The van der Waals surface area contributed by atoms with Crippen LogP contribution < -0.4 is 15.2 Å². The lowest BCUT2D eigenvalue weighted by molar-refractivity contribution is 0.0526. The molecule has 0 bridgehead atoms. The van der Waals surface area contributed by atoms with Gasteiger partial charge >= 0.3 is 5.97 Å². The minimum atomic E-state index is -3.98. The fraction of sp³-hybridized carbons (Fsp3) is 0.222. The SMILES string of the molecule is CCOC(=O)c1ccc(S(=O)(=O)NNC(=O)c2ccc(N(C)C)cc2)cc1. The Kier molecular flexibility index (Phi) is 6.54. The van der Waals surface area contributed by atoms with E-state index in [2.05, 4.69) is 5.43 Å². The van der Waals surface area contributed by atoms with Crippen LogP contribution in [0.15, 0.2) is 53.4 Å². The molecular formula is C18H21N3O5S. The number of hydrazine groups is 1. The van der Waals surface area contributed by atoms with Gasteiger partial charge in [0, 0.05) is 25.3 Å². The molecule has 2 N–H and O–H groups in total. The Labute approximate surface area is 158 Å². The number of carbonyl (C=O) groups excluding carboxylic acids is 2. The summed E-state index contributed by atoms with van der Waals surface area (Å²) >= 11 is 0. The van der Waals surface area contributed by atoms with E-state index < -0.39 is 21.9 Å². The molecule has 2 rings (SSSR count). The molecule has 2 aromatic rings. The predicted molar refractivity (Wildman–Crippen MR) is 101 cm³/mol. The molecule has 0 fully saturated rings. The summed E-state index contributed by atoms with van der Waals surface area (Å²) in [5, 5.41) is 0. The standard InChI is InChI=1S/C18H21N3O5S/c1-4-26-18(23)14-7-11-16(12-8-14)27(24,25)20-19-17(22)13-5-9-15(10-6-13)21(2)3/h5-12,20H,4H2,1-3H3,(H,19,22). The minimum Gasteiger partial charge on any atom is -0.462 e. The zero-order valence-corrected chi connectivity index (χ0v) is 16.0. The Morgan fingerprint density at radius 3 is 2.04 bits per heavy atom. The molecule has 9 heteroatoms. The number of esters is 1. The van der Waals surface area contributed by atoms with Crippen LogP contribution in [0.5, 0.6) is 0 Å². The van der Waals surface area contributed by atoms with Crippen LogP contribution in [-0.2, 0) is 14.8 Å². The fourth-order valence-electron chi connectivity index (χ4n) is 2.14. The molecule has 1 amide bonds. The summed E-state index contributed by atoms with van der Waals surface area (Å²) in [7, 11) is -0.239. The Balaban J connectivity index is 2.03. The predicted octanol–water partition coefficient (Wildman–Crippen LogP) is 1.55. The molecule has 0 saturated carbocycles. The third-order valence-electron chi connectivity index (χ3n) is 3.62. The molecule has 0 unspecified atom stereocenters. The van der Waals surface area contributed by atoms with Gasteiger partial charge in [-0.05, 0) is 55.5 Å². The van der Waals surface area contributed by atoms with Gasteiger partial charge in [-0.1, -0.05) is 0 Å². The number of hydrogen-bond acceptors (Lipinski definition) is 6. The van der Waals surface area contributed by atoms with Crippen LogP contribution >= 0.6 is 0 Å². The van der Waals surface area contributed by atoms with Crippen LogP contribution in [0.2, 0.25) is 0 Å². The number of sulfonamides is 1. The third-order valence-corrected chi connectivity index (χ3v) is 4.88. The molecule has 8 nitrogen and oxygen atoms in total. The van der Waals surface area contributed by atoms with Gasteiger partial charge in [0.2, 0.25) is 0 Å². The first-order chi connectivity index (χ1) is 12.7. The highest BCUT2D eigenvalue weighted by Gasteiger charge is 2.17. The maximum absolute atomic E-state index is 12.3. The topological polar surface area (TPSA) is 105 Å². The number of anilines is 1. The van der Waals surface area contributed by atoms with Gasteiger partial charge in [-0.15, -0.1) is 4.83 Å². The zero-order valence-electron chi connectivity index (χ0n) is 15.2. The van der Waals surface area contributed by atoms with Gasteiger partial charge in [0.05, 0.1) is 17.1 Å². The van der Waals surface area contributed by atoms with Crippen LogP contribution in [-0.4, -0.2) is 41.0 Å². The molecule has 2 aromatic carbocycles. The Hall–Kier alpha value is -2.91. The average molecular weight is 391 g/mol. The summed E-state index contributed by atoms with van der Waals surface area (Å²) in [6, 6.07) is 11.9. The van der Waals surface area contributed by atoms with Crippen molar-refractivity contribution in [1.29, 1.82) is 0 Å². The van der Waals surface area contributed by atoms with Gasteiger partial charge in [-0.2, -0.15) is 0 Å². The molecule has 0 atom stereocenters. The van der Waals surface area contributed by atoms with E-state index in [1.165, 1.54) is 24.3 Å². The summed E-state index contributed by atoms with van der Waals surface area (Å²) in [5.41, 5.74) is 3.62. The van der Waals surface area contributed by atoms with E-state index >= 15 is 0 Å². The van der Waals surface area contributed by atoms with Gasteiger partial charge < -0.3 is 9.64 Å². The maximum Gasteiger partial charge on any atom is 0.338 e. The lowest BCUT2D eigenvalue weighted by Gasteiger charge is -2.13. The van der Waals surface area contributed by atoms with E-state index in [-0.39, 0.29) is 17.1 Å². The maximum atomic E-state index is 12.3. The summed E-state index contributed by atoms with van der Waals surface area (Å²) in [4.78, 5) is 27.5. The normalized spacial score (nSPS) is 10.9. The van der Waals surface area contributed by atoms with Crippen molar-refractivity contribution in [3.63, 3.8) is 0 Å². The smallest absolute Gasteiger partial charge is 0.338 e. The van der Waals surface area contributed by atoms with Crippen molar-refractivity contribution in [2.75, 3.05) is 25.6 Å². The highest BCUT2D eigenvalue weighted by molar-refractivity contribution is 7.89. The van der Waals surface area contributed by atoms with Crippen molar-refractivity contribution in [2.24, 2.45) is 0 Å². The number of hydrogen-bond donors (Lipinski definition) is 2. The van der Waals surface area contributed by atoms with Crippen molar-refractivity contribution < 1.29 is 22.7 Å². The van der Waals surface area contributed by atoms with Gasteiger partial charge in [-0.3, -0.25) is 10.2 Å². The van der Waals surface area contributed by atoms with Crippen LogP contribution in [0.3, 0.4) is 0 Å². The monoisotopic (exact) mass is 391 g/mol. The van der Waals surface area contributed by atoms with E-state index in [0.717, 1.165) is 5.69 Å². The molecule has 0 aliphatic rings. The van der Waals surface area contributed by atoms with Crippen molar-refractivity contribution in [3.8, 4) is 0 Å². The van der Waals surface area contributed by atoms with Gasteiger partial charge in [0.25, 0.3) is 15.9 Å². The molecular weight excluding hydrogens is 370 g/mol. The largest absolute Gasteiger partial charge is 0.462 e. The second-order valence-electron chi connectivity index (χ2n) is 5.75. The minimum absolute atomic E-state index is 0.0983. The Bertz CT molecular complexity index is 907. The Morgan fingerprint density at radius 1 is 0.963 bits per heavy atom. The van der Waals surface area contributed by atoms with Crippen LogP contribution in [0.25, 0.3) is 0 Å². The van der Waals surface area contributed by atoms with Crippen LogP contribution in [0, 0.1) is 0 Å². The van der Waals surface area contributed by atoms with Crippen molar-refractivity contribution in [2.45, 2.75) is 11.8 Å². The highest BCUT2D eigenvalue weighted by Crippen LogP contribution is 2.13. The number of amides is 1. The number of carbonyl (C=O) groups is 2. The quantitative estimate of drug-likeness (QED) is 0.548. The number of rotatable bonds is 7. The molecule has 0 radical (unpaired) electrons. The molecule has 0 aliphatic heterocycles. The number of benzene rings is 2. The van der Waals surface area contributed by atoms with Gasteiger partial charge in [0.1, 0.15) is 0 Å². The van der Waals surface area contributed by atoms with Crippen LogP contribution in [0.4, 0.5) is 5.69 Å². The molecule has 0 aliphatic carbocycles. The molecule has 0 spiro atoms. The first kappa shape index (κ1) is 20.4. The summed E-state index contributed by atoms with van der Waals surface area (Å²) in [6.07, 6.45) is 0. The second kappa shape index (κ2) is 8.65. The number of nitrogens with one attached hydrogen (secondary N) is 2. The zero-order chi connectivity index (χ0) is 20.0. The van der Waals surface area contributed by atoms with E-state index in [4.69, 9.17) is 4.74 Å². The highest BCUT2D eigenvalue weighted by atomic mass is 32.2. The number of ether oxygens (including phenoxy) is 1. The Morgan fingerprint density at radius 2 is 1.52 bits per heavy atom. The summed E-state index contributed by atoms with van der Waals surface area (Å²) in [5.74, 6) is -1.13. The second-order valence-corrected chi connectivity index (χ2v) is 7.43. The molecule has 27 heavy (non-hydrogen) atoms. The van der Waals surface area contributed by atoms with E-state index in [1.807, 2.05) is 23.8 Å². The van der Waals surface area contributed by atoms with Gasteiger partial charge in [0.15, 0.2) is 0 Å². The fourth-order valence-corrected chi connectivity index (χ4v) is 2.98. The van der Waals surface area contributed by atoms with E-state index in [0.29, 0.717) is 5.56 Å². The molecule has 0 saturated heterocycles. The lowest BCUT2D eigenvalue weighted by atomic mass is 10.2. The summed E-state index contributed by atoms with van der Waals surface area (Å²) < 4.78 is 29.4. The first-order valence-electron chi connectivity index (χ1n) is 8.11. The van der Waals surface area contributed by atoms with E-state index in [9.17, 15) is 18.0 Å². The van der Waals surface area contributed by atoms with E-state index in [1.54, 1.807) is 31.2 Å². The number of nitrogens with zero attached hydrogens (tertiary/aromatic N) is 1. The third kappa shape index (κ3) is 5.28. The van der Waals surface area contributed by atoms with Crippen molar-refractivity contribution >= 4 is 27.6 Å². The average Bonchev–Trinajstić information content (AvgIpc) is 2.66. The molecule has 144 valence electrons. The van der Waals surface area contributed by atoms with Crippen molar-refractivity contribution in [3.05, 3.63) is 59.7 Å². The van der Waals surface area contributed by atoms with Crippen LogP contribution in [0.1, 0.15) is 27.6 Å². The lowest BCUT2D eigenvalue weighted by Crippen LogP contribution is -2.41. The first-order valence-corrected chi connectivity index (χ1v) is 9.59. The van der Waals surface area contributed by atoms with Crippen molar-refractivity contribution in [1.82, 2.24) is 10.3 Å². The van der Waals surface area contributed by atoms with Gasteiger partial charge in [-0.25, -0.2) is 13.2 Å². The molecule has 0 heterocycles.